The molecule has 1 aliphatic carbocycles. The summed E-state index contributed by atoms with van der Waals surface area (Å²) in [6.45, 7) is 0. The standard InChI is InChI=1S/C20H16BrClN4O3/c21-15-17(20(29)23-16-11-6-2-1-5-10(11)9-14(16)27)25-26-18(15)24-19(28)12-7-3-4-8-13(12)22/h1-8,14,16,27H,9H2,(H,23,29)(H2,24,25,26,28)/t14-,16+/m1/s1. The molecule has 1 heterocycles. The van der Waals surface area contributed by atoms with Crippen LogP contribution in [0.1, 0.15) is 38.0 Å². The van der Waals surface area contributed by atoms with Crippen molar-refractivity contribution in [3.63, 3.8) is 0 Å². The summed E-state index contributed by atoms with van der Waals surface area (Å²) < 4.78 is 0.302. The van der Waals surface area contributed by atoms with E-state index in [4.69, 9.17) is 11.6 Å². The van der Waals surface area contributed by atoms with Gasteiger partial charge in [-0.15, -0.1) is 0 Å². The summed E-state index contributed by atoms with van der Waals surface area (Å²) in [7, 11) is 0. The minimum Gasteiger partial charge on any atom is -0.390 e. The van der Waals surface area contributed by atoms with Crippen LogP contribution in [0.3, 0.4) is 0 Å². The van der Waals surface area contributed by atoms with E-state index in [-0.39, 0.29) is 11.5 Å². The molecule has 4 N–H and O–H groups in total. The number of rotatable bonds is 4. The summed E-state index contributed by atoms with van der Waals surface area (Å²) in [6, 6.07) is 13.7. The summed E-state index contributed by atoms with van der Waals surface area (Å²) in [6.07, 6.45) is -0.240. The van der Waals surface area contributed by atoms with E-state index in [1.807, 2.05) is 24.3 Å². The lowest BCUT2D eigenvalue weighted by molar-refractivity contribution is 0.0852. The van der Waals surface area contributed by atoms with E-state index in [2.05, 4.69) is 36.8 Å². The molecule has 9 heteroatoms. The molecule has 3 aromatic rings. The monoisotopic (exact) mass is 474 g/mol. The van der Waals surface area contributed by atoms with E-state index in [1.54, 1.807) is 24.3 Å². The van der Waals surface area contributed by atoms with Crippen molar-refractivity contribution in [3.8, 4) is 0 Å². The Kier molecular flexibility index (Phi) is 5.40. The van der Waals surface area contributed by atoms with Crippen molar-refractivity contribution in [1.29, 1.82) is 0 Å². The minimum absolute atomic E-state index is 0.0658. The van der Waals surface area contributed by atoms with E-state index in [1.165, 1.54) is 0 Å². The molecule has 7 nitrogen and oxygen atoms in total. The average Bonchev–Trinajstić information content (AvgIpc) is 3.22. The maximum absolute atomic E-state index is 12.7. The van der Waals surface area contributed by atoms with Crippen molar-refractivity contribution >= 4 is 45.2 Å². The fraction of sp³-hybridized carbons (Fsp3) is 0.150. The van der Waals surface area contributed by atoms with Crippen molar-refractivity contribution in [3.05, 3.63) is 80.4 Å². The Labute approximate surface area is 179 Å². The normalized spacial score (nSPS) is 17.6. The molecule has 1 aromatic heterocycles. The quantitative estimate of drug-likeness (QED) is 0.463. The number of H-pyrrole nitrogens is 1. The van der Waals surface area contributed by atoms with Crippen LogP contribution in [0.2, 0.25) is 5.02 Å². The molecule has 2 amide bonds. The molecule has 2 aromatic carbocycles. The molecule has 29 heavy (non-hydrogen) atoms. The van der Waals surface area contributed by atoms with Gasteiger partial charge >= 0.3 is 0 Å². The third kappa shape index (κ3) is 3.78. The molecule has 1 aliphatic rings. The van der Waals surface area contributed by atoms with Crippen LogP contribution in [-0.2, 0) is 6.42 Å². The lowest BCUT2D eigenvalue weighted by atomic mass is 10.1. The van der Waals surface area contributed by atoms with Gasteiger partial charge in [-0.05, 0) is 39.2 Å². The van der Waals surface area contributed by atoms with E-state index in [9.17, 15) is 14.7 Å². The third-order valence-electron chi connectivity index (χ3n) is 4.77. The van der Waals surface area contributed by atoms with Gasteiger partial charge in [-0.1, -0.05) is 48.0 Å². The number of hydrogen-bond donors (Lipinski definition) is 4. The second kappa shape index (κ2) is 7.98. The zero-order valence-electron chi connectivity index (χ0n) is 14.9. The van der Waals surface area contributed by atoms with E-state index in [0.29, 0.717) is 21.5 Å². The Morgan fingerprint density at radius 3 is 2.66 bits per heavy atom. The number of amides is 2. The van der Waals surface area contributed by atoms with Crippen LogP contribution >= 0.6 is 27.5 Å². The lowest BCUT2D eigenvalue weighted by Gasteiger charge is -2.17. The fourth-order valence-electron chi connectivity index (χ4n) is 3.35. The fourth-order valence-corrected chi connectivity index (χ4v) is 4.02. The molecule has 2 atom stereocenters. The predicted molar refractivity (Wildman–Crippen MR) is 112 cm³/mol. The zero-order valence-corrected chi connectivity index (χ0v) is 17.3. The van der Waals surface area contributed by atoms with Gasteiger partial charge in [0.2, 0.25) is 0 Å². The number of nitrogens with one attached hydrogen (secondary N) is 3. The molecule has 0 spiro atoms. The van der Waals surface area contributed by atoms with Gasteiger partial charge in [0, 0.05) is 6.42 Å². The number of carbonyl (C=O) groups excluding carboxylic acids is 2. The van der Waals surface area contributed by atoms with Crippen molar-refractivity contribution < 1.29 is 14.7 Å². The number of hydrogen-bond acceptors (Lipinski definition) is 4. The number of benzene rings is 2. The van der Waals surface area contributed by atoms with Crippen molar-refractivity contribution in [2.75, 3.05) is 5.32 Å². The topological polar surface area (TPSA) is 107 Å². The molecule has 148 valence electrons. The first-order valence-corrected chi connectivity index (χ1v) is 9.99. The molecular formula is C20H16BrClN4O3. The van der Waals surface area contributed by atoms with Gasteiger partial charge in [-0.2, -0.15) is 5.10 Å². The molecule has 0 saturated carbocycles. The van der Waals surface area contributed by atoms with E-state index >= 15 is 0 Å². The smallest absolute Gasteiger partial charge is 0.273 e. The van der Waals surface area contributed by atoms with Crippen LogP contribution in [0, 0.1) is 0 Å². The highest BCUT2D eigenvalue weighted by atomic mass is 79.9. The highest BCUT2D eigenvalue weighted by molar-refractivity contribution is 9.10. The molecular weight excluding hydrogens is 460 g/mol. The predicted octanol–water partition coefficient (Wildman–Crippen LogP) is 3.47. The maximum Gasteiger partial charge on any atom is 0.273 e. The average molecular weight is 476 g/mol. The first kappa shape index (κ1) is 19.6. The van der Waals surface area contributed by atoms with Crippen LogP contribution in [0.5, 0.6) is 0 Å². The third-order valence-corrected chi connectivity index (χ3v) is 5.87. The summed E-state index contributed by atoms with van der Waals surface area (Å²) in [4.78, 5) is 25.2. The number of nitrogens with zero attached hydrogens (tertiary/aromatic N) is 1. The second-order valence-electron chi connectivity index (χ2n) is 6.62. The lowest BCUT2D eigenvalue weighted by Crippen LogP contribution is -2.34. The van der Waals surface area contributed by atoms with Gasteiger partial charge in [0.1, 0.15) is 5.82 Å². The molecule has 0 bridgehead atoms. The van der Waals surface area contributed by atoms with Crippen LogP contribution in [0.25, 0.3) is 0 Å². The van der Waals surface area contributed by atoms with Gasteiger partial charge in [0.15, 0.2) is 5.69 Å². The van der Waals surface area contributed by atoms with Gasteiger partial charge in [0.25, 0.3) is 11.8 Å². The molecule has 0 radical (unpaired) electrons. The number of aliphatic hydroxyl groups excluding tert-OH is 1. The number of fused-ring (bicyclic) bond motifs is 1. The van der Waals surface area contributed by atoms with Crippen LogP contribution in [0.4, 0.5) is 5.82 Å². The van der Waals surface area contributed by atoms with Crippen LogP contribution in [-0.4, -0.2) is 33.2 Å². The number of aliphatic hydroxyl groups is 1. The Balaban J connectivity index is 1.51. The molecule has 0 aliphatic heterocycles. The van der Waals surface area contributed by atoms with Gasteiger partial charge in [-0.3, -0.25) is 14.7 Å². The number of carbonyl (C=O) groups is 2. The van der Waals surface area contributed by atoms with Gasteiger partial charge in [0.05, 0.1) is 27.2 Å². The van der Waals surface area contributed by atoms with Crippen molar-refractivity contribution in [2.45, 2.75) is 18.6 Å². The zero-order chi connectivity index (χ0) is 20.5. The molecule has 0 unspecified atom stereocenters. The highest BCUT2D eigenvalue weighted by Gasteiger charge is 2.33. The Morgan fingerprint density at radius 2 is 1.86 bits per heavy atom. The highest BCUT2D eigenvalue weighted by Crippen LogP contribution is 2.32. The molecule has 4 rings (SSSR count). The number of aromatic nitrogens is 2. The van der Waals surface area contributed by atoms with Crippen molar-refractivity contribution in [2.24, 2.45) is 0 Å². The summed E-state index contributed by atoms with van der Waals surface area (Å²) in [5.74, 6) is -0.688. The number of halogens is 2. The number of aromatic amines is 1. The van der Waals surface area contributed by atoms with E-state index in [0.717, 1.165) is 11.1 Å². The second-order valence-corrected chi connectivity index (χ2v) is 7.82. The first-order valence-electron chi connectivity index (χ1n) is 8.82. The first-order chi connectivity index (χ1) is 14.0. The number of anilines is 1. The Morgan fingerprint density at radius 1 is 1.14 bits per heavy atom. The Hall–Kier alpha value is -2.68. The summed E-state index contributed by atoms with van der Waals surface area (Å²) in [5, 5.41) is 22.7. The summed E-state index contributed by atoms with van der Waals surface area (Å²) in [5.41, 5.74) is 2.25. The summed E-state index contributed by atoms with van der Waals surface area (Å²) >= 11 is 9.35. The maximum atomic E-state index is 12.7. The van der Waals surface area contributed by atoms with Gasteiger partial charge in [-0.25, -0.2) is 0 Å². The largest absolute Gasteiger partial charge is 0.390 e. The minimum atomic E-state index is -0.714. The van der Waals surface area contributed by atoms with Crippen LogP contribution < -0.4 is 10.6 Å². The molecule has 0 fully saturated rings. The van der Waals surface area contributed by atoms with Crippen LogP contribution in [0.15, 0.2) is 53.0 Å². The Bertz CT molecular complexity index is 1100. The van der Waals surface area contributed by atoms with Gasteiger partial charge < -0.3 is 15.7 Å². The van der Waals surface area contributed by atoms with E-state index < -0.39 is 24.0 Å². The van der Waals surface area contributed by atoms with Crippen molar-refractivity contribution in [1.82, 2.24) is 15.5 Å². The molecule has 0 saturated heterocycles. The SMILES string of the molecule is O=C(Nc1[nH]nc(C(=O)N[C@H]2c3ccccc3C[C@H]2O)c1Br)c1ccccc1Cl.